The van der Waals surface area contributed by atoms with Crippen molar-refractivity contribution in [3.8, 4) is 11.3 Å². The van der Waals surface area contributed by atoms with Crippen LogP contribution in [0.25, 0.3) is 27.1 Å². The van der Waals surface area contributed by atoms with Crippen molar-refractivity contribution in [3.63, 3.8) is 0 Å². The normalized spacial score (nSPS) is 23.6. The molecule has 4 aromatic rings. The Labute approximate surface area is 213 Å². The number of fused-ring (bicyclic) bond motifs is 6. The fourth-order valence-corrected chi connectivity index (χ4v) is 8.60. The van der Waals surface area contributed by atoms with Crippen LogP contribution < -0.4 is 5.73 Å². The molecule has 1 amide bonds. The van der Waals surface area contributed by atoms with Crippen LogP contribution in [0.3, 0.4) is 0 Å². The number of aryl methyl sites for hydroxylation is 2. The van der Waals surface area contributed by atoms with Crippen molar-refractivity contribution in [1.29, 1.82) is 0 Å². The Bertz CT molecular complexity index is 1550. The average molecular weight is 505 g/mol. The number of amides is 1. The van der Waals surface area contributed by atoms with Gasteiger partial charge in [0.1, 0.15) is 10.7 Å². The molecule has 1 aliphatic carbocycles. The van der Waals surface area contributed by atoms with Gasteiger partial charge in [0.2, 0.25) is 5.91 Å². The predicted molar refractivity (Wildman–Crippen MR) is 140 cm³/mol. The van der Waals surface area contributed by atoms with Crippen molar-refractivity contribution in [1.82, 2.24) is 24.5 Å². The molecule has 9 heteroatoms. The van der Waals surface area contributed by atoms with Gasteiger partial charge in [-0.15, -0.1) is 11.3 Å². The lowest BCUT2D eigenvalue weighted by Gasteiger charge is -2.30. The Balaban J connectivity index is 1.33. The number of likely N-dealkylation sites (tertiary alicyclic amines) is 1. The molecule has 3 N–H and O–H groups in total. The van der Waals surface area contributed by atoms with E-state index in [1.54, 1.807) is 0 Å². The van der Waals surface area contributed by atoms with Gasteiger partial charge in [0.05, 0.1) is 25.5 Å². The molecule has 188 valence electrons. The van der Waals surface area contributed by atoms with Gasteiger partial charge in [-0.2, -0.15) is 5.10 Å². The van der Waals surface area contributed by atoms with Gasteiger partial charge in [-0.1, -0.05) is 13.8 Å². The Morgan fingerprint density at radius 2 is 2.08 bits per heavy atom. The summed E-state index contributed by atoms with van der Waals surface area (Å²) in [6.07, 6.45) is 4.43. The first-order chi connectivity index (χ1) is 17.3. The molecular weight excluding hydrogens is 472 g/mol. The number of aromatic amines is 1. The fourth-order valence-electron chi connectivity index (χ4n) is 7.16. The van der Waals surface area contributed by atoms with E-state index < -0.39 is 0 Å². The highest BCUT2D eigenvalue weighted by molar-refractivity contribution is 7.19. The number of nitrogens with two attached hydrogens (primary N) is 1. The van der Waals surface area contributed by atoms with E-state index in [-0.39, 0.29) is 5.91 Å². The Morgan fingerprint density at radius 1 is 1.28 bits per heavy atom. The predicted octanol–water partition coefficient (Wildman–Crippen LogP) is 4.37. The van der Waals surface area contributed by atoms with Crippen molar-refractivity contribution >= 4 is 33.1 Å². The van der Waals surface area contributed by atoms with Crippen molar-refractivity contribution in [2.75, 3.05) is 13.1 Å². The largest absolute Gasteiger partial charge is 0.372 e. The number of thiophene rings is 1. The van der Waals surface area contributed by atoms with E-state index in [0.29, 0.717) is 43.6 Å². The van der Waals surface area contributed by atoms with Crippen molar-refractivity contribution in [3.05, 3.63) is 39.2 Å². The molecule has 2 bridgehead atoms. The van der Waals surface area contributed by atoms with E-state index in [0.717, 1.165) is 30.0 Å². The standard InChI is InChI=1S/C27H32N6O2S/c1-12(2)22-23-13(3)25(17-6-16-5-15(17)7-32(16)9-21(28)34)36-27(23)30-24(22)18-8-33-26(29-14(4)31-33)20-11-35-10-19(18)20/h8,12,15-17,30H,5-7,9-11H2,1-4H3,(H2,28,34)/t15-,16-,17+/m0/s1. The summed E-state index contributed by atoms with van der Waals surface area (Å²) in [5.41, 5.74) is 13.9. The number of H-pyrrole nitrogens is 1. The first-order valence-corrected chi connectivity index (χ1v) is 13.7. The smallest absolute Gasteiger partial charge is 0.231 e. The molecule has 8 nitrogen and oxygen atoms in total. The van der Waals surface area contributed by atoms with E-state index in [1.165, 1.54) is 49.5 Å². The van der Waals surface area contributed by atoms with E-state index in [2.05, 4.69) is 46.9 Å². The molecule has 4 aromatic heterocycles. The Hall–Kier alpha value is -2.75. The van der Waals surface area contributed by atoms with Crippen LogP contribution in [0.4, 0.5) is 0 Å². The lowest BCUT2D eigenvalue weighted by molar-refractivity contribution is -0.119. The van der Waals surface area contributed by atoms with Gasteiger partial charge in [0.15, 0.2) is 5.65 Å². The summed E-state index contributed by atoms with van der Waals surface area (Å²) in [7, 11) is 0. The lowest BCUT2D eigenvalue weighted by Crippen LogP contribution is -2.40. The highest BCUT2D eigenvalue weighted by Gasteiger charge is 2.46. The molecule has 36 heavy (non-hydrogen) atoms. The maximum Gasteiger partial charge on any atom is 0.231 e. The van der Waals surface area contributed by atoms with Crippen LogP contribution in [0.2, 0.25) is 0 Å². The van der Waals surface area contributed by atoms with Crippen LogP contribution in [0.15, 0.2) is 6.20 Å². The number of pyridine rings is 1. The molecule has 1 saturated carbocycles. The third-order valence-electron chi connectivity index (χ3n) is 8.60. The number of rotatable bonds is 5. The van der Waals surface area contributed by atoms with Crippen LogP contribution in [0.5, 0.6) is 0 Å². The summed E-state index contributed by atoms with van der Waals surface area (Å²) in [6, 6.07) is 0.480. The average Bonchev–Trinajstić information content (AvgIpc) is 3.62. The Morgan fingerprint density at radius 3 is 2.81 bits per heavy atom. The van der Waals surface area contributed by atoms with Crippen LogP contribution in [-0.4, -0.2) is 49.5 Å². The third kappa shape index (κ3) is 3.15. The summed E-state index contributed by atoms with van der Waals surface area (Å²) < 4.78 is 7.82. The van der Waals surface area contributed by atoms with Crippen LogP contribution in [0.1, 0.15) is 71.5 Å². The molecule has 1 saturated heterocycles. The number of primary amides is 1. The molecule has 0 aromatic carbocycles. The maximum absolute atomic E-state index is 11.5. The minimum Gasteiger partial charge on any atom is -0.372 e. The molecule has 3 atom stereocenters. The fraction of sp³-hybridized carbons (Fsp3) is 0.519. The SMILES string of the molecule is Cc1nc2c3c(c(-c4[nH]c5sc([C@@H]6C[C@@H]7C[C@H]6CN7CC(N)=O)c(C)c5c4C(C)C)cn2n1)COC3. The minimum absolute atomic E-state index is 0.218. The number of carbonyl (C=O) groups is 1. The summed E-state index contributed by atoms with van der Waals surface area (Å²) in [5, 5.41) is 6.02. The molecule has 0 radical (unpaired) electrons. The minimum atomic E-state index is -0.218. The second-order valence-electron chi connectivity index (χ2n) is 11.2. The summed E-state index contributed by atoms with van der Waals surface area (Å²) >= 11 is 1.93. The maximum atomic E-state index is 11.5. The number of nitrogens with zero attached hydrogens (tertiary/aromatic N) is 4. The zero-order valence-corrected chi connectivity index (χ0v) is 22.0. The van der Waals surface area contributed by atoms with Gasteiger partial charge >= 0.3 is 0 Å². The van der Waals surface area contributed by atoms with E-state index >= 15 is 0 Å². The van der Waals surface area contributed by atoms with Gasteiger partial charge in [-0.25, -0.2) is 9.50 Å². The first-order valence-electron chi connectivity index (χ1n) is 12.9. The van der Waals surface area contributed by atoms with E-state index in [9.17, 15) is 4.79 Å². The van der Waals surface area contributed by atoms with Crippen LogP contribution in [0, 0.1) is 19.8 Å². The summed E-state index contributed by atoms with van der Waals surface area (Å²) in [5.74, 6) is 2.10. The number of piperidine rings is 1. The molecule has 2 aliphatic heterocycles. The lowest BCUT2D eigenvalue weighted by atomic mass is 9.88. The van der Waals surface area contributed by atoms with Crippen molar-refractivity contribution < 1.29 is 9.53 Å². The molecule has 6 heterocycles. The highest BCUT2D eigenvalue weighted by atomic mass is 32.1. The Kier molecular flexibility index (Phi) is 4.91. The number of hydrogen-bond donors (Lipinski definition) is 2. The second kappa shape index (κ2) is 7.87. The molecule has 0 unspecified atom stereocenters. The first kappa shape index (κ1) is 22.4. The number of ether oxygens (including phenoxy) is 1. The zero-order valence-electron chi connectivity index (χ0n) is 21.2. The number of hydrogen-bond acceptors (Lipinski definition) is 6. The zero-order chi connectivity index (χ0) is 24.9. The van der Waals surface area contributed by atoms with Gasteiger partial charge < -0.3 is 15.5 Å². The van der Waals surface area contributed by atoms with Crippen molar-refractivity contribution in [2.24, 2.45) is 11.7 Å². The quantitative estimate of drug-likeness (QED) is 0.420. The van der Waals surface area contributed by atoms with Crippen molar-refractivity contribution in [2.45, 2.75) is 71.6 Å². The van der Waals surface area contributed by atoms with Gasteiger partial charge in [-0.05, 0) is 61.1 Å². The van der Waals surface area contributed by atoms with Gasteiger partial charge in [0, 0.05) is 40.2 Å². The molecule has 3 aliphatic rings. The molecular formula is C27H32N6O2S. The molecule has 0 spiro atoms. The monoisotopic (exact) mass is 504 g/mol. The third-order valence-corrected chi connectivity index (χ3v) is 9.94. The van der Waals surface area contributed by atoms with E-state index in [4.69, 9.17) is 10.5 Å². The second-order valence-corrected chi connectivity index (χ2v) is 12.2. The van der Waals surface area contributed by atoms with Gasteiger partial charge in [0.25, 0.3) is 0 Å². The summed E-state index contributed by atoms with van der Waals surface area (Å²) in [6.45, 7) is 11.4. The van der Waals surface area contributed by atoms with Gasteiger partial charge in [-0.3, -0.25) is 9.69 Å². The number of carbonyl (C=O) groups excluding carboxylic acids is 1. The highest BCUT2D eigenvalue weighted by Crippen LogP contribution is 2.53. The van der Waals surface area contributed by atoms with Crippen LogP contribution in [-0.2, 0) is 22.7 Å². The molecule has 2 fully saturated rings. The van der Waals surface area contributed by atoms with Crippen LogP contribution >= 0.6 is 11.3 Å². The number of nitrogens with one attached hydrogen (secondary N) is 1. The summed E-state index contributed by atoms with van der Waals surface area (Å²) in [4.78, 5) is 25.1. The molecule has 7 rings (SSSR count). The number of aromatic nitrogens is 4. The van der Waals surface area contributed by atoms with E-state index in [1.807, 2.05) is 22.8 Å². The topological polar surface area (TPSA) is 102 Å².